The van der Waals surface area contributed by atoms with Crippen molar-refractivity contribution < 1.29 is 18.4 Å². The normalized spacial score (nSPS) is 19.2. The minimum absolute atomic E-state index is 0.0758. The van der Waals surface area contributed by atoms with Crippen molar-refractivity contribution in [3.05, 3.63) is 23.0 Å². The highest BCUT2D eigenvalue weighted by Crippen LogP contribution is 2.34. The van der Waals surface area contributed by atoms with E-state index in [9.17, 15) is 8.78 Å². The van der Waals surface area contributed by atoms with Crippen molar-refractivity contribution in [1.29, 1.82) is 0 Å². The number of alkyl halides is 2. The van der Waals surface area contributed by atoms with E-state index in [0.29, 0.717) is 25.2 Å². The Bertz CT molecular complexity index is 403. The van der Waals surface area contributed by atoms with Crippen LogP contribution >= 0.6 is 0 Å². The highest BCUT2D eigenvalue weighted by Gasteiger charge is 2.35. The average molecular weight is 301 g/mol. The molecule has 21 heavy (non-hydrogen) atoms. The van der Waals surface area contributed by atoms with Crippen LogP contribution in [0.1, 0.15) is 52.9 Å². The van der Waals surface area contributed by atoms with E-state index in [1.54, 1.807) is 0 Å². The lowest BCUT2D eigenvalue weighted by Crippen LogP contribution is -2.29. The van der Waals surface area contributed by atoms with Gasteiger partial charge >= 0.3 is 0 Å². The van der Waals surface area contributed by atoms with Crippen molar-refractivity contribution in [1.82, 2.24) is 0 Å². The predicted octanol–water partition coefficient (Wildman–Crippen LogP) is 4.84. The SMILES string of the molecule is C=NOC(/C=C(\CC)COC1CCC(F)(F)CC1)=C(C)C. The summed E-state index contributed by atoms with van der Waals surface area (Å²) in [5.74, 6) is -1.86. The first-order valence-electron chi connectivity index (χ1n) is 7.37. The Morgan fingerprint density at radius 1 is 1.33 bits per heavy atom. The third-order valence-corrected chi connectivity index (χ3v) is 3.61. The summed E-state index contributed by atoms with van der Waals surface area (Å²) in [4.78, 5) is 5.12. The molecule has 120 valence electrons. The second-order valence-electron chi connectivity index (χ2n) is 5.61. The van der Waals surface area contributed by atoms with Crippen LogP contribution in [-0.2, 0) is 9.57 Å². The molecule has 0 aliphatic heterocycles. The summed E-state index contributed by atoms with van der Waals surface area (Å²) < 4.78 is 31.9. The van der Waals surface area contributed by atoms with Gasteiger partial charge in [-0.15, -0.1) is 0 Å². The van der Waals surface area contributed by atoms with E-state index in [1.807, 2.05) is 26.8 Å². The number of nitrogens with zero attached hydrogens (tertiary/aromatic N) is 1. The van der Waals surface area contributed by atoms with Crippen molar-refractivity contribution in [3.8, 4) is 0 Å². The van der Waals surface area contributed by atoms with E-state index in [0.717, 1.165) is 17.6 Å². The smallest absolute Gasteiger partial charge is 0.248 e. The number of halogens is 2. The molecule has 0 spiro atoms. The minimum atomic E-state index is -2.51. The maximum absolute atomic E-state index is 13.1. The fraction of sp³-hybridized carbons (Fsp3) is 0.688. The van der Waals surface area contributed by atoms with Crippen LogP contribution in [0.25, 0.3) is 0 Å². The summed E-state index contributed by atoms with van der Waals surface area (Å²) in [5.41, 5.74) is 2.04. The number of rotatable bonds is 7. The van der Waals surface area contributed by atoms with Gasteiger partial charge < -0.3 is 9.57 Å². The molecular weight excluding hydrogens is 276 g/mol. The summed E-state index contributed by atoms with van der Waals surface area (Å²) in [6.07, 6.45) is 3.31. The molecule has 5 heteroatoms. The number of allylic oxidation sites excluding steroid dienone is 2. The van der Waals surface area contributed by atoms with E-state index < -0.39 is 5.92 Å². The lowest BCUT2D eigenvalue weighted by atomic mass is 9.94. The maximum atomic E-state index is 13.1. The summed E-state index contributed by atoms with van der Waals surface area (Å²) in [5, 5.41) is 3.43. The van der Waals surface area contributed by atoms with Crippen molar-refractivity contribution in [2.24, 2.45) is 5.16 Å². The molecule has 0 aromatic carbocycles. The van der Waals surface area contributed by atoms with Crippen LogP contribution in [0.2, 0.25) is 0 Å². The highest BCUT2D eigenvalue weighted by atomic mass is 19.3. The quantitative estimate of drug-likeness (QED) is 0.291. The molecule has 1 saturated carbocycles. The van der Waals surface area contributed by atoms with Gasteiger partial charge in [0.15, 0.2) is 5.76 Å². The van der Waals surface area contributed by atoms with Crippen molar-refractivity contribution in [3.63, 3.8) is 0 Å². The molecule has 3 nitrogen and oxygen atoms in total. The highest BCUT2D eigenvalue weighted by molar-refractivity contribution is 5.25. The molecule has 1 aliphatic rings. The number of ether oxygens (including phenoxy) is 1. The monoisotopic (exact) mass is 301 g/mol. The van der Waals surface area contributed by atoms with Gasteiger partial charge in [-0.25, -0.2) is 8.78 Å². The van der Waals surface area contributed by atoms with Gasteiger partial charge in [-0.1, -0.05) is 12.1 Å². The van der Waals surface area contributed by atoms with Crippen LogP contribution in [0.3, 0.4) is 0 Å². The molecule has 0 N–H and O–H groups in total. The molecule has 1 rings (SSSR count). The molecule has 1 aliphatic carbocycles. The predicted molar refractivity (Wildman–Crippen MR) is 80.5 cm³/mol. The Labute approximate surface area is 125 Å². The Hall–Kier alpha value is -1.23. The van der Waals surface area contributed by atoms with Gasteiger partial charge in [0, 0.05) is 19.6 Å². The van der Waals surface area contributed by atoms with Crippen molar-refractivity contribution >= 4 is 6.72 Å². The lowest BCUT2D eigenvalue weighted by Gasteiger charge is -2.28. The zero-order chi connectivity index (χ0) is 15.9. The Morgan fingerprint density at radius 3 is 2.43 bits per heavy atom. The fourth-order valence-electron chi connectivity index (χ4n) is 2.17. The molecule has 0 aromatic rings. The van der Waals surface area contributed by atoms with Crippen LogP contribution in [-0.4, -0.2) is 25.4 Å². The average Bonchev–Trinajstić information content (AvgIpc) is 2.43. The zero-order valence-electron chi connectivity index (χ0n) is 13.1. The molecule has 0 aromatic heterocycles. The van der Waals surface area contributed by atoms with Crippen LogP contribution in [0.4, 0.5) is 8.78 Å². The Balaban J connectivity index is 2.55. The molecular formula is C16H25F2NO2. The molecule has 0 unspecified atom stereocenters. The topological polar surface area (TPSA) is 30.8 Å². The van der Waals surface area contributed by atoms with Gasteiger partial charge in [-0.2, -0.15) is 0 Å². The third kappa shape index (κ3) is 6.38. The van der Waals surface area contributed by atoms with Crippen molar-refractivity contribution in [2.75, 3.05) is 6.61 Å². The maximum Gasteiger partial charge on any atom is 0.248 e. The molecule has 1 fully saturated rings. The summed E-state index contributed by atoms with van der Waals surface area (Å²) in [7, 11) is 0. The molecule has 0 saturated heterocycles. The van der Waals surface area contributed by atoms with Crippen LogP contribution in [0.5, 0.6) is 0 Å². The summed E-state index contributed by atoms with van der Waals surface area (Å²) in [6, 6.07) is 0. The summed E-state index contributed by atoms with van der Waals surface area (Å²) in [6.45, 7) is 9.62. The Kier molecular flexibility index (Phi) is 7.02. The van der Waals surface area contributed by atoms with Gasteiger partial charge in [-0.05, 0) is 50.3 Å². The molecule has 0 amide bonds. The van der Waals surface area contributed by atoms with Gasteiger partial charge in [-0.3, -0.25) is 0 Å². The minimum Gasteiger partial charge on any atom is -0.374 e. The fourth-order valence-corrected chi connectivity index (χ4v) is 2.17. The van der Waals surface area contributed by atoms with Gasteiger partial charge in [0.05, 0.1) is 12.7 Å². The molecule has 0 heterocycles. The van der Waals surface area contributed by atoms with Crippen molar-refractivity contribution in [2.45, 2.75) is 64.9 Å². The number of oxime groups is 1. The summed E-state index contributed by atoms with van der Waals surface area (Å²) >= 11 is 0. The first-order valence-corrected chi connectivity index (χ1v) is 7.37. The van der Waals surface area contributed by atoms with Crippen LogP contribution in [0, 0.1) is 0 Å². The number of hydrogen-bond donors (Lipinski definition) is 0. The van der Waals surface area contributed by atoms with E-state index >= 15 is 0 Å². The van der Waals surface area contributed by atoms with Crippen LogP contribution in [0.15, 0.2) is 28.1 Å². The van der Waals surface area contributed by atoms with E-state index in [4.69, 9.17) is 9.57 Å². The second kappa shape index (κ2) is 8.27. The van der Waals surface area contributed by atoms with E-state index in [-0.39, 0.29) is 18.9 Å². The van der Waals surface area contributed by atoms with E-state index in [2.05, 4.69) is 11.9 Å². The largest absolute Gasteiger partial charge is 0.374 e. The Morgan fingerprint density at radius 2 is 1.95 bits per heavy atom. The van der Waals surface area contributed by atoms with Gasteiger partial charge in [0.1, 0.15) is 0 Å². The third-order valence-electron chi connectivity index (χ3n) is 3.61. The first kappa shape index (κ1) is 17.8. The standard InChI is InChI=1S/C16H25F2NO2/c1-5-13(10-15(12(2)3)21-19-4)11-20-14-6-8-16(17,18)9-7-14/h10,14H,4-9,11H2,1-3H3/b13-10+. The first-order chi connectivity index (χ1) is 9.88. The zero-order valence-corrected chi connectivity index (χ0v) is 13.1. The van der Waals surface area contributed by atoms with Gasteiger partial charge in [0.25, 0.3) is 0 Å². The second-order valence-corrected chi connectivity index (χ2v) is 5.61. The molecule has 0 bridgehead atoms. The lowest BCUT2D eigenvalue weighted by molar-refractivity contribution is -0.0773. The van der Waals surface area contributed by atoms with Crippen LogP contribution < -0.4 is 0 Å². The number of hydrogen-bond acceptors (Lipinski definition) is 3. The van der Waals surface area contributed by atoms with E-state index in [1.165, 1.54) is 0 Å². The molecule has 0 radical (unpaired) electrons. The van der Waals surface area contributed by atoms with Gasteiger partial charge in [0.2, 0.25) is 5.92 Å². The molecule has 0 atom stereocenters.